The Morgan fingerprint density at radius 3 is 2.03 bits per heavy atom. The van der Waals surface area contributed by atoms with Crippen LogP contribution in [0.25, 0.3) is 0 Å². The molecule has 2 aliphatic heterocycles. The summed E-state index contributed by atoms with van der Waals surface area (Å²) in [5.41, 5.74) is 2.14. The van der Waals surface area contributed by atoms with E-state index < -0.39 is 51.7 Å². The first-order valence-corrected chi connectivity index (χ1v) is 11.9. The van der Waals surface area contributed by atoms with Crippen molar-refractivity contribution in [3.8, 4) is 0 Å². The molecule has 2 aliphatic rings. The third-order valence-electron chi connectivity index (χ3n) is 6.29. The molecular formula is C23H23F3N2O4S. The normalized spacial score (nSPS) is 24.4. The van der Waals surface area contributed by atoms with Crippen molar-refractivity contribution in [1.29, 1.82) is 0 Å². The lowest BCUT2D eigenvalue weighted by atomic mass is 9.84. The Balaban J connectivity index is 1.71. The number of carbonyl (C=O) groups excluding carboxylic acids is 2. The summed E-state index contributed by atoms with van der Waals surface area (Å²) in [5, 5.41) is 4.66. The smallest absolute Gasteiger partial charge is 0.344 e. The standard InChI is InChI=1S/C23H23F3N2O4S/c1-11-4-6-14-17(8-11)33(31,32)18-9-12(2)5-7-15(18)19(14)27-21(29)16-10-13(3)20(23(24,25)26)28-22(16)30/h4-9,13,16,19-20H,10H2,1-3H3,(H,27,29)(H,28,30). The molecule has 2 aromatic carbocycles. The molecule has 176 valence electrons. The van der Waals surface area contributed by atoms with Gasteiger partial charge in [-0.2, -0.15) is 13.2 Å². The van der Waals surface area contributed by atoms with Gasteiger partial charge in [-0.3, -0.25) is 9.59 Å². The number of nitrogens with one attached hydrogen (secondary N) is 2. The molecule has 0 saturated carbocycles. The van der Waals surface area contributed by atoms with Gasteiger partial charge in [0.2, 0.25) is 21.7 Å². The van der Waals surface area contributed by atoms with Crippen LogP contribution in [0.2, 0.25) is 0 Å². The van der Waals surface area contributed by atoms with E-state index in [0.29, 0.717) is 11.1 Å². The second-order valence-electron chi connectivity index (χ2n) is 8.82. The molecule has 2 heterocycles. The summed E-state index contributed by atoms with van der Waals surface area (Å²) in [4.78, 5) is 25.6. The first kappa shape index (κ1) is 23.3. The van der Waals surface area contributed by atoms with Gasteiger partial charge in [-0.25, -0.2) is 8.42 Å². The van der Waals surface area contributed by atoms with Crippen LogP contribution in [-0.4, -0.2) is 32.5 Å². The number of benzene rings is 2. The van der Waals surface area contributed by atoms with Gasteiger partial charge in [0, 0.05) is 0 Å². The van der Waals surface area contributed by atoms with E-state index in [1.165, 1.54) is 19.1 Å². The number of alkyl halides is 3. The highest BCUT2D eigenvalue weighted by Crippen LogP contribution is 2.42. The van der Waals surface area contributed by atoms with Crippen molar-refractivity contribution in [2.45, 2.75) is 55.2 Å². The number of hydrogen-bond acceptors (Lipinski definition) is 4. The molecular weight excluding hydrogens is 457 g/mol. The summed E-state index contributed by atoms with van der Waals surface area (Å²) in [6.07, 6.45) is -4.88. The van der Waals surface area contributed by atoms with Crippen molar-refractivity contribution in [2.75, 3.05) is 0 Å². The van der Waals surface area contributed by atoms with Crippen molar-refractivity contribution in [3.63, 3.8) is 0 Å². The monoisotopic (exact) mass is 480 g/mol. The van der Waals surface area contributed by atoms with E-state index in [-0.39, 0.29) is 16.2 Å². The number of sulfone groups is 1. The lowest BCUT2D eigenvalue weighted by Crippen LogP contribution is -2.58. The molecule has 0 bridgehead atoms. The molecule has 0 aromatic heterocycles. The summed E-state index contributed by atoms with van der Waals surface area (Å²) in [7, 11) is -3.84. The average molecular weight is 481 g/mol. The molecule has 2 amide bonds. The Kier molecular flexibility index (Phi) is 5.55. The van der Waals surface area contributed by atoms with Crippen LogP contribution in [-0.2, 0) is 19.4 Å². The zero-order valence-electron chi connectivity index (χ0n) is 18.2. The minimum absolute atomic E-state index is 0.0597. The minimum atomic E-state index is -4.61. The third-order valence-corrected chi connectivity index (χ3v) is 8.15. The van der Waals surface area contributed by atoms with Gasteiger partial charge in [-0.15, -0.1) is 0 Å². The molecule has 0 spiro atoms. The van der Waals surface area contributed by atoms with Crippen LogP contribution in [0.1, 0.15) is 41.6 Å². The average Bonchev–Trinajstić information content (AvgIpc) is 2.72. The molecule has 3 unspecified atom stereocenters. The summed E-state index contributed by atoms with van der Waals surface area (Å²) in [5.74, 6) is -4.05. The van der Waals surface area contributed by atoms with Gasteiger partial charge in [-0.05, 0) is 60.6 Å². The van der Waals surface area contributed by atoms with Gasteiger partial charge < -0.3 is 10.6 Å². The van der Waals surface area contributed by atoms with Crippen LogP contribution in [0.5, 0.6) is 0 Å². The Morgan fingerprint density at radius 1 is 1.03 bits per heavy atom. The van der Waals surface area contributed by atoms with Gasteiger partial charge in [0.1, 0.15) is 12.0 Å². The maximum atomic E-state index is 13.3. The molecule has 10 heteroatoms. The maximum absolute atomic E-state index is 13.3. The van der Waals surface area contributed by atoms with E-state index in [1.807, 2.05) is 5.32 Å². The largest absolute Gasteiger partial charge is 0.408 e. The molecule has 1 fully saturated rings. The fourth-order valence-electron chi connectivity index (χ4n) is 4.55. The lowest BCUT2D eigenvalue weighted by molar-refractivity contribution is -0.180. The molecule has 2 aromatic rings. The van der Waals surface area contributed by atoms with Crippen LogP contribution in [0.3, 0.4) is 0 Å². The van der Waals surface area contributed by atoms with Gasteiger partial charge in [0.05, 0.1) is 15.8 Å². The second-order valence-corrected chi connectivity index (χ2v) is 10.7. The zero-order chi connectivity index (χ0) is 24.3. The van der Waals surface area contributed by atoms with Crippen molar-refractivity contribution in [1.82, 2.24) is 10.6 Å². The Hall–Kier alpha value is -2.88. The van der Waals surface area contributed by atoms with E-state index in [4.69, 9.17) is 0 Å². The van der Waals surface area contributed by atoms with Gasteiger partial charge in [0.25, 0.3) is 0 Å². The first-order chi connectivity index (χ1) is 15.3. The quantitative estimate of drug-likeness (QED) is 0.645. The Labute approximate surface area is 189 Å². The van der Waals surface area contributed by atoms with Crippen molar-refractivity contribution >= 4 is 21.7 Å². The fourth-order valence-corrected chi connectivity index (χ4v) is 6.46. The van der Waals surface area contributed by atoms with Crippen LogP contribution < -0.4 is 10.6 Å². The highest BCUT2D eigenvalue weighted by molar-refractivity contribution is 7.91. The van der Waals surface area contributed by atoms with E-state index >= 15 is 0 Å². The summed E-state index contributed by atoms with van der Waals surface area (Å²) in [6.45, 7) is 4.83. The van der Waals surface area contributed by atoms with Crippen molar-refractivity contribution < 1.29 is 31.2 Å². The zero-order valence-corrected chi connectivity index (χ0v) is 19.0. The molecule has 4 rings (SSSR count). The second kappa shape index (κ2) is 7.86. The van der Waals surface area contributed by atoms with E-state index in [1.54, 1.807) is 38.1 Å². The van der Waals surface area contributed by atoms with Gasteiger partial charge >= 0.3 is 6.18 Å². The molecule has 6 nitrogen and oxygen atoms in total. The number of fused-ring (bicyclic) bond motifs is 2. The molecule has 0 radical (unpaired) electrons. The van der Waals surface area contributed by atoms with Crippen LogP contribution >= 0.6 is 0 Å². The fraction of sp³-hybridized carbons (Fsp3) is 0.391. The van der Waals surface area contributed by atoms with E-state index in [0.717, 1.165) is 11.1 Å². The Bertz CT molecular complexity index is 1200. The van der Waals surface area contributed by atoms with E-state index in [9.17, 15) is 31.2 Å². The summed E-state index contributed by atoms with van der Waals surface area (Å²) in [6, 6.07) is 6.83. The highest BCUT2D eigenvalue weighted by Gasteiger charge is 2.50. The van der Waals surface area contributed by atoms with Crippen LogP contribution in [0, 0.1) is 25.7 Å². The predicted octanol–water partition coefficient (Wildman–Crippen LogP) is 3.36. The number of amides is 2. The summed E-state index contributed by atoms with van der Waals surface area (Å²) < 4.78 is 66.0. The van der Waals surface area contributed by atoms with Crippen molar-refractivity contribution in [2.24, 2.45) is 11.8 Å². The predicted molar refractivity (Wildman–Crippen MR) is 113 cm³/mol. The molecule has 1 saturated heterocycles. The molecule has 33 heavy (non-hydrogen) atoms. The van der Waals surface area contributed by atoms with E-state index in [2.05, 4.69) is 5.32 Å². The number of carbonyl (C=O) groups is 2. The topological polar surface area (TPSA) is 92.3 Å². The minimum Gasteiger partial charge on any atom is -0.344 e. The van der Waals surface area contributed by atoms with Crippen LogP contribution in [0.4, 0.5) is 13.2 Å². The maximum Gasteiger partial charge on any atom is 0.408 e. The van der Waals surface area contributed by atoms with Crippen molar-refractivity contribution in [3.05, 3.63) is 58.7 Å². The lowest BCUT2D eigenvalue weighted by Gasteiger charge is -2.36. The van der Waals surface area contributed by atoms with Crippen LogP contribution in [0.15, 0.2) is 46.2 Å². The number of rotatable bonds is 2. The highest BCUT2D eigenvalue weighted by atomic mass is 32.2. The number of hydrogen-bond donors (Lipinski definition) is 2. The Morgan fingerprint density at radius 2 is 1.55 bits per heavy atom. The van der Waals surface area contributed by atoms with Gasteiger partial charge in [0.15, 0.2) is 0 Å². The SMILES string of the molecule is Cc1ccc2c(c1)S(=O)(=O)c1cc(C)ccc1C2NC(=O)C1CC(C)C(C(F)(F)F)NC1=O. The summed E-state index contributed by atoms with van der Waals surface area (Å²) >= 11 is 0. The number of aryl methyl sites for hydroxylation is 2. The third kappa shape index (κ3) is 4.01. The number of piperidine rings is 1. The first-order valence-electron chi connectivity index (χ1n) is 10.4. The molecule has 2 N–H and O–H groups in total. The molecule has 0 aliphatic carbocycles. The molecule has 3 atom stereocenters. The number of halogens is 3. The van der Waals surface area contributed by atoms with Gasteiger partial charge in [-0.1, -0.05) is 31.2 Å².